The second kappa shape index (κ2) is 8.31. The molecule has 15 heteroatoms. The van der Waals surface area contributed by atoms with Gasteiger partial charge >= 0.3 is 177 Å². The van der Waals surface area contributed by atoms with Crippen molar-refractivity contribution in [3.05, 3.63) is 61.7 Å². The van der Waals surface area contributed by atoms with Crippen LogP contribution in [0.3, 0.4) is 0 Å². The quantitative estimate of drug-likeness (QED) is 0.333. The van der Waals surface area contributed by atoms with E-state index in [1.54, 1.807) is 0 Å². The van der Waals surface area contributed by atoms with Gasteiger partial charge < -0.3 is 0 Å². The molecule has 2 aromatic rings. The molecule has 0 aliphatic carbocycles. The molecular weight excluding hydrogens is 586 g/mol. The first-order chi connectivity index (χ1) is 14.0. The van der Waals surface area contributed by atoms with Gasteiger partial charge in [0.25, 0.3) is 0 Å². The Balaban J connectivity index is 2.56. The molecule has 2 rings (SSSR count). The van der Waals surface area contributed by atoms with Crippen LogP contribution in [0.4, 0.5) is 39.5 Å². The molecular formula is C16H10F9IO4S. The molecule has 174 valence electrons. The van der Waals surface area contributed by atoms with Crippen molar-refractivity contribution in [2.45, 2.75) is 23.3 Å². The fraction of sp³-hybridized carbons (Fsp3) is 0.250. The molecule has 0 atom stereocenters. The summed E-state index contributed by atoms with van der Waals surface area (Å²) in [6, 6.07) is 10.3. The molecule has 0 unspecified atom stereocenters. The monoisotopic (exact) mass is 596 g/mol. The fourth-order valence-corrected chi connectivity index (χ4v) is 8.90. The number of halogens is 10. The van der Waals surface area contributed by atoms with E-state index in [0.717, 1.165) is 36.4 Å². The summed E-state index contributed by atoms with van der Waals surface area (Å²) < 4.78 is 146. The van der Waals surface area contributed by atoms with E-state index in [2.05, 4.69) is 2.51 Å². The molecule has 0 fully saturated rings. The average Bonchev–Trinajstić information content (AvgIpc) is 2.66. The number of aromatic hydroxyl groups is 1. The van der Waals surface area contributed by atoms with Gasteiger partial charge in [-0.05, 0) is 0 Å². The van der Waals surface area contributed by atoms with Crippen molar-refractivity contribution in [1.82, 2.24) is 0 Å². The molecule has 1 N–H and O–H groups in total. The summed E-state index contributed by atoms with van der Waals surface area (Å²) in [5.41, 5.74) is 0. The van der Waals surface area contributed by atoms with Crippen LogP contribution in [0.2, 0.25) is 0 Å². The Kier molecular flexibility index (Phi) is 6.84. The van der Waals surface area contributed by atoms with Crippen molar-refractivity contribution >= 4 is 30.4 Å². The van der Waals surface area contributed by atoms with E-state index in [9.17, 15) is 53.0 Å². The van der Waals surface area contributed by atoms with Crippen LogP contribution in [-0.4, -0.2) is 36.8 Å². The summed E-state index contributed by atoms with van der Waals surface area (Å²) in [6.45, 7) is 0. The predicted molar refractivity (Wildman–Crippen MR) is 96.9 cm³/mol. The SMILES string of the molecule is O=S(=O)(OI(c1ccccc1)c1ccc(O)cc1)C(F)(F)C(F)(F)C(F)(F)C(F)(F)F. The van der Waals surface area contributed by atoms with Gasteiger partial charge in [0.1, 0.15) is 0 Å². The predicted octanol–water partition coefficient (Wildman–Crippen LogP) is 5.63. The normalized spacial score (nSPS) is 14.4. The molecule has 0 amide bonds. The zero-order valence-electron chi connectivity index (χ0n) is 14.6. The van der Waals surface area contributed by atoms with Crippen LogP contribution in [0.1, 0.15) is 0 Å². The molecule has 4 nitrogen and oxygen atoms in total. The van der Waals surface area contributed by atoms with E-state index in [0.29, 0.717) is 0 Å². The summed E-state index contributed by atoms with van der Waals surface area (Å²) in [5.74, 6) is -15.1. The maximum absolute atomic E-state index is 14.0. The van der Waals surface area contributed by atoms with Crippen molar-refractivity contribution in [2.75, 3.05) is 0 Å². The summed E-state index contributed by atoms with van der Waals surface area (Å²) in [7, 11) is -7.02. The summed E-state index contributed by atoms with van der Waals surface area (Å²) >= 11 is -4.13. The van der Waals surface area contributed by atoms with Gasteiger partial charge in [0, 0.05) is 0 Å². The minimum absolute atomic E-state index is 0.0948. The Bertz CT molecular complexity index is 1010. The zero-order valence-corrected chi connectivity index (χ0v) is 17.5. The Hall–Kier alpha value is -1.75. The number of hydrogen-bond donors (Lipinski definition) is 1. The van der Waals surface area contributed by atoms with Crippen molar-refractivity contribution < 1.29 is 55.6 Å². The van der Waals surface area contributed by atoms with Crippen LogP contribution >= 0.6 is 20.2 Å². The summed E-state index contributed by atoms with van der Waals surface area (Å²) in [6.07, 6.45) is -7.18. The third kappa shape index (κ3) is 4.57. The summed E-state index contributed by atoms with van der Waals surface area (Å²) in [5, 5.41) is 2.35. The van der Waals surface area contributed by atoms with Gasteiger partial charge in [-0.25, -0.2) is 0 Å². The van der Waals surface area contributed by atoms with Crippen LogP contribution in [0, 0.1) is 7.14 Å². The van der Waals surface area contributed by atoms with Gasteiger partial charge in [-0.2, -0.15) is 0 Å². The first-order valence-electron chi connectivity index (χ1n) is 7.64. The van der Waals surface area contributed by atoms with E-state index < -0.39 is 53.6 Å². The molecule has 0 aromatic heterocycles. The van der Waals surface area contributed by atoms with Crippen LogP contribution in [0.15, 0.2) is 54.6 Å². The van der Waals surface area contributed by atoms with E-state index in [1.807, 2.05) is 0 Å². The van der Waals surface area contributed by atoms with Gasteiger partial charge in [0.05, 0.1) is 0 Å². The van der Waals surface area contributed by atoms with E-state index >= 15 is 0 Å². The van der Waals surface area contributed by atoms with Crippen LogP contribution in [0.25, 0.3) is 0 Å². The molecule has 0 heterocycles. The molecule has 0 saturated carbocycles. The Labute approximate surface area is 176 Å². The number of benzene rings is 2. The molecule has 2 aromatic carbocycles. The second-order valence-electron chi connectivity index (χ2n) is 5.70. The molecule has 31 heavy (non-hydrogen) atoms. The van der Waals surface area contributed by atoms with E-state index in [-0.39, 0.29) is 12.9 Å². The number of alkyl halides is 9. The standard InChI is InChI=1S/C16H10F9IO4S/c17-13(18,15(21,22)23)14(19,20)16(24,25)31(28,29)30-26(10-4-2-1-3-5-10)11-6-8-12(27)9-7-11/h1-9,27H. The number of phenols is 1. The third-order valence-corrected chi connectivity index (χ3v) is 10.9. The van der Waals surface area contributed by atoms with Gasteiger partial charge in [0.2, 0.25) is 0 Å². The third-order valence-electron chi connectivity index (χ3n) is 3.53. The minimum atomic E-state index is -7.38. The van der Waals surface area contributed by atoms with Crippen molar-refractivity contribution in [3.63, 3.8) is 0 Å². The van der Waals surface area contributed by atoms with Gasteiger partial charge in [0.15, 0.2) is 0 Å². The van der Waals surface area contributed by atoms with Gasteiger partial charge in [-0.3, -0.25) is 0 Å². The van der Waals surface area contributed by atoms with E-state index in [1.165, 1.54) is 18.2 Å². The first-order valence-corrected chi connectivity index (χ1v) is 12.1. The first kappa shape index (κ1) is 25.5. The van der Waals surface area contributed by atoms with Gasteiger partial charge in [-0.15, -0.1) is 0 Å². The molecule has 0 bridgehead atoms. The Morgan fingerprint density at radius 1 is 0.710 bits per heavy atom. The average molecular weight is 596 g/mol. The topological polar surface area (TPSA) is 63.6 Å². The van der Waals surface area contributed by atoms with Crippen LogP contribution in [-0.2, 0) is 12.6 Å². The molecule has 0 saturated heterocycles. The number of phenolic OH excluding ortho intramolecular Hbond substituents is 1. The second-order valence-corrected chi connectivity index (χ2v) is 12.2. The number of rotatable bonds is 7. The molecule has 0 aliphatic heterocycles. The van der Waals surface area contributed by atoms with Crippen molar-refractivity contribution in [3.8, 4) is 5.75 Å². The van der Waals surface area contributed by atoms with E-state index in [4.69, 9.17) is 0 Å². The fourth-order valence-electron chi connectivity index (χ4n) is 1.92. The van der Waals surface area contributed by atoms with Crippen LogP contribution < -0.4 is 0 Å². The van der Waals surface area contributed by atoms with Crippen molar-refractivity contribution in [2.24, 2.45) is 0 Å². The van der Waals surface area contributed by atoms with Crippen LogP contribution in [0.5, 0.6) is 5.75 Å². The van der Waals surface area contributed by atoms with Crippen molar-refractivity contribution in [1.29, 1.82) is 0 Å². The molecule has 0 spiro atoms. The Morgan fingerprint density at radius 3 is 1.61 bits per heavy atom. The Morgan fingerprint density at radius 2 is 1.16 bits per heavy atom. The number of hydrogen-bond acceptors (Lipinski definition) is 4. The molecule has 0 radical (unpaired) electrons. The maximum atomic E-state index is 14.0. The summed E-state index contributed by atoms with van der Waals surface area (Å²) in [4.78, 5) is 0. The van der Waals surface area contributed by atoms with Gasteiger partial charge in [-0.1, -0.05) is 0 Å². The molecule has 0 aliphatic rings. The zero-order chi connectivity index (χ0) is 23.9.